The van der Waals surface area contributed by atoms with Crippen LogP contribution in [0.5, 0.6) is 0 Å². The van der Waals surface area contributed by atoms with Gasteiger partial charge in [-0.2, -0.15) is 9.97 Å². The van der Waals surface area contributed by atoms with Crippen LogP contribution in [0.4, 0.5) is 11.8 Å². The van der Waals surface area contributed by atoms with E-state index in [-0.39, 0.29) is 24.5 Å². The molecule has 0 bridgehead atoms. The van der Waals surface area contributed by atoms with Crippen LogP contribution in [0.3, 0.4) is 0 Å². The topological polar surface area (TPSA) is 102 Å². The van der Waals surface area contributed by atoms with Gasteiger partial charge in [0.2, 0.25) is 5.95 Å². The van der Waals surface area contributed by atoms with Crippen LogP contribution < -0.4 is 11.1 Å². The second kappa shape index (κ2) is 5.24. The number of imidazole rings is 1. The van der Waals surface area contributed by atoms with Crippen LogP contribution >= 0.6 is 0 Å². The zero-order valence-corrected chi connectivity index (χ0v) is 12.3. The van der Waals surface area contributed by atoms with Crippen molar-refractivity contribution in [2.75, 3.05) is 17.7 Å². The molecule has 0 radical (unpaired) electrons. The lowest BCUT2D eigenvalue weighted by Gasteiger charge is -2.26. The van der Waals surface area contributed by atoms with E-state index in [0.717, 1.165) is 36.2 Å². The summed E-state index contributed by atoms with van der Waals surface area (Å²) in [4.78, 5) is 13.2. The van der Waals surface area contributed by atoms with Gasteiger partial charge in [0.1, 0.15) is 0 Å². The number of hydrogen-bond donors (Lipinski definition) is 3. The van der Waals surface area contributed by atoms with E-state index in [4.69, 9.17) is 5.73 Å². The zero-order valence-electron chi connectivity index (χ0n) is 12.3. The lowest BCUT2D eigenvalue weighted by Crippen LogP contribution is -2.27. The summed E-state index contributed by atoms with van der Waals surface area (Å²) in [6.45, 7) is 0.172. The average Bonchev–Trinajstić information content (AvgIpc) is 3.08. The van der Waals surface area contributed by atoms with E-state index in [1.54, 1.807) is 6.33 Å². The van der Waals surface area contributed by atoms with Gasteiger partial charge in [0, 0.05) is 18.6 Å². The molecule has 116 valence electrons. The zero-order chi connectivity index (χ0) is 15.1. The van der Waals surface area contributed by atoms with Gasteiger partial charge in [-0.1, -0.05) is 12.2 Å². The molecule has 7 heteroatoms. The molecule has 2 aliphatic carbocycles. The van der Waals surface area contributed by atoms with Gasteiger partial charge in [-0.25, -0.2) is 4.98 Å². The van der Waals surface area contributed by atoms with Gasteiger partial charge in [-0.3, -0.25) is 0 Å². The molecule has 1 saturated carbocycles. The number of aliphatic hydroxyl groups excluding tert-OH is 1. The number of aliphatic hydroxyl groups is 1. The number of nitrogens with two attached hydrogens (primary N) is 1. The quantitative estimate of drug-likeness (QED) is 0.739. The van der Waals surface area contributed by atoms with Gasteiger partial charge in [-0.05, 0) is 25.7 Å². The van der Waals surface area contributed by atoms with Gasteiger partial charge < -0.3 is 20.7 Å². The van der Waals surface area contributed by atoms with Crippen molar-refractivity contribution in [3.63, 3.8) is 0 Å². The number of anilines is 2. The second-order valence-corrected chi connectivity index (χ2v) is 6.16. The fourth-order valence-corrected chi connectivity index (χ4v) is 3.12. The Morgan fingerprint density at radius 3 is 2.86 bits per heavy atom. The molecule has 2 aromatic rings. The highest BCUT2D eigenvalue weighted by Gasteiger charge is 2.24. The first-order valence-electron chi connectivity index (χ1n) is 7.80. The van der Waals surface area contributed by atoms with Crippen LogP contribution in [-0.2, 0) is 0 Å². The largest absolute Gasteiger partial charge is 0.396 e. The van der Waals surface area contributed by atoms with Gasteiger partial charge in [0.15, 0.2) is 17.0 Å². The Bertz CT molecular complexity index is 720. The average molecular weight is 300 g/mol. The van der Waals surface area contributed by atoms with E-state index in [1.165, 1.54) is 6.42 Å². The first-order chi connectivity index (χ1) is 10.7. The molecule has 0 amide bonds. The van der Waals surface area contributed by atoms with Crippen molar-refractivity contribution in [2.24, 2.45) is 5.92 Å². The molecule has 0 spiro atoms. The molecule has 2 aromatic heterocycles. The number of rotatable bonds is 4. The maximum Gasteiger partial charge on any atom is 0.224 e. The van der Waals surface area contributed by atoms with Crippen molar-refractivity contribution in [3.8, 4) is 0 Å². The monoisotopic (exact) mass is 300 g/mol. The summed E-state index contributed by atoms with van der Waals surface area (Å²) in [6, 6.07) is 0.626. The lowest BCUT2D eigenvalue weighted by atomic mass is 9.93. The molecule has 2 aliphatic rings. The highest BCUT2D eigenvalue weighted by Crippen LogP contribution is 2.32. The maximum atomic E-state index is 9.28. The van der Waals surface area contributed by atoms with Crippen molar-refractivity contribution < 1.29 is 5.11 Å². The molecule has 0 unspecified atom stereocenters. The number of hydrogen-bond acceptors (Lipinski definition) is 6. The normalized spacial score (nSPS) is 24.8. The summed E-state index contributed by atoms with van der Waals surface area (Å²) in [5, 5.41) is 12.7. The Hall–Kier alpha value is -2.15. The van der Waals surface area contributed by atoms with Crippen molar-refractivity contribution >= 4 is 22.9 Å². The Kier molecular flexibility index (Phi) is 3.22. The summed E-state index contributed by atoms with van der Waals surface area (Å²) in [7, 11) is 0. The molecule has 0 aromatic carbocycles. The fraction of sp³-hybridized carbons (Fsp3) is 0.533. The molecule has 22 heavy (non-hydrogen) atoms. The number of nitrogen functional groups attached to an aromatic ring is 1. The van der Waals surface area contributed by atoms with Gasteiger partial charge in [0.25, 0.3) is 0 Å². The van der Waals surface area contributed by atoms with Crippen LogP contribution in [0.2, 0.25) is 0 Å². The van der Waals surface area contributed by atoms with Crippen molar-refractivity contribution in [1.29, 1.82) is 0 Å². The molecule has 4 N–H and O–H groups in total. The number of nitrogens with one attached hydrogen (secondary N) is 1. The summed E-state index contributed by atoms with van der Waals surface area (Å²) in [6.07, 6.45) is 10.4. The Morgan fingerprint density at radius 1 is 1.32 bits per heavy atom. The van der Waals surface area contributed by atoms with Gasteiger partial charge >= 0.3 is 0 Å². The smallest absolute Gasteiger partial charge is 0.224 e. The SMILES string of the molecule is Nc1nc(NC2CCC2)c2ncn([C@@H]3C=C[C@H](CO)C3)c2n1. The molecule has 2 atom stereocenters. The van der Waals surface area contributed by atoms with Gasteiger partial charge in [-0.15, -0.1) is 0 Å². The van der Waals surface area contributed by atoms with E-state index >= 15 is 0 Å². The van der Waals surface area contributed by atoms with E-state index < -0.39 is 0 Å². The number of aromatic nitrogens is 4. The molecule has 0 aliphatic heterocycles. The van der Waals surface area contributed by atoms with E-state index in [2.05, 4.69) is 32.4 Å². The summed E-state index contributed by atoms with van der Waals surface area (Å²) < 4.78 is 2.02. The minimum Gasteiger partial charge on any atom is -0.396 e. The maximum absolute atomic E-state index is 9.28. The van der Waals surface area contributed by atoms with Crippen LogP contribution in [0.15, 0.2) is 18.5 Å². The van der Waals surface area contributed by atoms with E-state index in [9.17, 15) is 5.11 Å². The third kappa shape index (κ3) is 2.21. The van der Waals surface area contributed by atoms with Crippen molar-refractivity contribution in [1.82, 2.24) is 19.5 Å². The number of fused-ring (bicyclic) bond motifs is 1. The summed E-state index contributed by atoms with van der Waals surface area (Å²) >= 11 is 0. The highest BCUT2D eigenvalue weighted by atomic mass is 16.3. The molecule has 7 nitrogen and oxygen atoms in total. The van der Waals surface area contributed by atoms with E-state index in [1.807, 2.05) is 4.57 Å². The molecule has 2 heterocycles. The van der Waals surface area contributed by atoms with Gasteiger partial charge in [0.05, 0.1) is 12.4 Å². The Labute approximate surface area is 128 Å². The van der Waals surface area contributed by atoms with E-state index in [0.29, 0.717) is 6.04 Å². The third-order valence-electron chi connectivity index (χ3n) is 4.63. The summed E-state index contributed by atoms with van der Waals surface area (Å²) in [5.41, 5.74) is 7.40. The van der Waals surface area contributed by atoms with Crippen molar-refractivity contribution in [3.05, 3.63) is 18.5 Å². The third-order valence-corrected chi connectivity index (χ3v) is 4.63. The minimum atomic E-state index is 0.160. The van der Waals surface area contributed by atoms with Crippen LogP contribution in [0.25, 0.3) is 11.2 Å². The fourth-order valence-electron chi connectivity index (χ4n) is 3.12. The standard InChI is InChI=1S/C15H20N6O/c16-15-19-13(18-10-2-1-3-10)12-14(20-15)21(8-17-12)11-5-4-9(6-11)7-22/h4-5,8-11,22H,1-3,6-7H2,(H3,16,18,19,20)/t9-,11+/m0/s1. The van der Waals surface area contributed by atoms with Crippen LogP contribution in [0, 0.1) is 5.92 Å². The van der Waals surface area contributed by atoms with Crippen LogP contribution in [-0.4, -0.2) is 37.3 Å². The predicted molar refractivity (Wildman–Crippen MR) is 84.4 cm³/mol. The first kappa shape index (κ1) is 13.5. The second-order valence-electron chi connectivity index (χ2n) is 6.16. The number of allylic oxidation sites excluding steroid dienone is 1. The summed E-state index contributed by atoms with van der Waals surface area (Å²) in [5.74, 6) is 1.19. The lowest BCUT2D eigenvalue weighted by molar-refractivity contribution is 0.244. The first-order valence-corrected chi connectivity index (χ1v) is 7.80. The molecule has 4 rings (SSSR count). The highest BCUT2D eigenvalue weighted by molar-refractivity contribution is 5.84. The molecular formula is C15H20N6O. The van der Waals surface area contributed by atoms with Crippen molar-refractivity contribution in [2.45, 2.75) is 37.8 Å². The Morgan fingerprint density at radius 2 is 2.18 bits per heavy atom. The van der Waals surface area contributed by atoms with Crippen LogP contribution in [0.1, 0.15) is 31.7 Å². The molecule has 1 fully saturated rings. The minimum absolute atomic E-state index is 0.160. The number of nitrogens with zero attached hydrogens (tertiary/aromatic N) is 4. The Balaban J connectivity index is 1.70. The molecular weight excluding hydrogens is 280 g/mol. The predicted octanol–water partition coefficient (Wildman–Crippen LogP) is 1.48. The molecule has 0 saturated heterocycles.